The second kappa shape index (κ2) is 4.39. The van der Waals surface area contributed by atoms with Crippen LogP contribution in [0.5, 0.6) is 5.75 Å². The Hall–Kier alpha value is -2.44. The molecule has 0 aliphatic rings. The number of nitrogens with zero attached hydrogens (tertiary/aromatic N) is 4. The van der Waals surface area contributed by atoms with Crippen molar-refractivity contribution in [2.75, 3.05) is 0 Å². The number of hydrogen-bond acceptors (Lipinski definition) is 5. The number of aliphatic carboxylic acids is 1. The molecule has 16 heavy (non-hydrogen) atoms. The number of aromatic nitrogens is 4. The van der Waals surface area contributed by atoms with Crippen molar-refractivity contribution in [3.63, 3.8) is 0 Å². The smallest absolute Gasteiger partial charge is 0.370 e. The maximum atomic E-state index is 10.9. The second-order valence-electron chi connectivity index (χ2n) is 2.88. The summed E-state index contributed by atoms with van der Waals surface area (Å²) in [5.74, 6) is -0.769. The van der Waals surface area contributed by atoms with Crippen LogP contribution in [0.1, 0.15) is 6.23 Å². The van der Waals surface area contributed by atoms with Gasteiger partial charge in [-0.25, -0.2) is 4.79 Å². The minimum Gasteiger partial charge on any atom is -0.477 e. The molecule has 0 radical (unpaired) electrons. The van der Waals surface area contributed by atoms with Crippen molar-refractivity contribution in [3.05, 3.63) is 36.7 Å². The van der Waals surface area contributed by atoms with E-state index in [9.17, 15) is 4.79 Å². The van der Waals surface area contributed by atoms with Crippen LogP contribution in [0, 0.1) is 0 Å². The maximum absolute atomic E-state index is 10.9. The largest absolute Gasteiger partial charge is 0.477 e. The normalized spacial score (nSPS) is 12.0. The Morgan fingerprint density at radius 2 is 2.12 bits per heavy atom. The van der Waals surface area contributed by atoms with Gasteiger partial charge in [0.25, 0.3) is 0 Å². The van der Waals surface area contributed by atoms with Gasteiger partial charge in [0.2, 0.25) is 0 Å². The first-order valence-electron chi connectivity index (χ1n) is 4.44. The number of carbonyl (C=O) groups is 1. The number of benzene rings is 1. The molecule has 0 aliphatic carbocycles. The van der Waals surface area contributed by atoms with Gasteiger partial charge < -0.3 is 9.84 Å². The van der Waals surface area contributed by atoms with Gasteiger partial charge in [-0.05, 0) is 17.3 Å². The van der Waals surface area contributed by atoms with E-state index in [4.69, 9.17) is 9.84 Å². The summed E-state index contributed by atoms with van der Waals surface area (Å²) in [5.41, 5.74) is 0. The molecular weight excluding hydrogens is 212 g/mol. The predicted octanol–water partition coefficient (Wildman–Crippen LogP) is 0.335. The molecule has 0 saturated heterocycles. The SMILES string of the molecule is O=C(O)C(Oc1ccccc1)n1ncnn1. The van der Waals surface area contributed by atoms with Gasteiger partial charge in [0.15, 0.2) is 6.33 Å². The Bertz CT molecular complexity index is 457. The van der Waals surface area contributed by atoms with Crippen molar-refractivity contribution in [2.24, 2.45) is 0 Å². The molecule has 2 aromatic rings. The molecule has 0 amide bonds. The highest BCUT2D eigenvalue weighted by atomic mass is 16.5. The summed E-state index contributed by atoms with van der Waals surface area (Å²) < 4.78 is 5.22. The predicted molar refractivity (Wildman–Crippen MR) is 51.6 cm³/mol. The molecule has 2 rings (SSSR count). The zero-order valence-corrected chi connectivity index (χ0v) is 8.09. The third-order valence-corrected chi connectivity index (χ3v) is 1.78. The zero-order valence-electron chi connectivity index (χ0n) is 8.09. The average molecular weight is 220 g/mol. The average Bonchev–Trinajstić information content (AvgIpc) is 2.80. The summed E-state index contributed by atoms with van der Waals surface area (Å²) >= 11 is 0. The maximum Gasteiger partial charge on any atom is 0.370 e. The van der Waals surface area contributed by atoms with E-state index >= 15 is 0 Å². The Labute approximate surface area is 90.3 Å². The number of carboxylic acids is 1. The fourth-order valence-electron chi connectivity index (χ4n) is 1.11. The van der Waals surface area contributed by atoms with Crippen molar-refractivity contribution < 1.29 is 14.6 Å². The summed E-state index contributed by atoms with van der Waals surface area (Å²) in [6.45, 7) is 0. The van der Waals surface area contributed by atoms with Crippen molar-refractivity contribution in [2.45, 2.75) is 6.23 Å². The molecule has 7 nitrogen and oxygen atoms in total. The van der Waals surface area contributed by atoms with E-state index in [0.717, 1.165) is 11.1 Å². The number of carboxylic acid groups (broad SMARTS) is 1. The Morgan fingerprint density at radius 3 is 2.69 bits per heavy atom. The molecule has 0 bridgehead atoms. The Morgan fingerprint density at radius 1 is 1.38 bits per heavy atom. The first kappa shape index (κ1) is 10.1. The Balaban J connectivity index is 2.19. The van der Waals surface area contributed by atoms with Gasteiger partial charge in [0.1, 0.15) is 5.75 Å². The second-order valence-corrected chi connectivity index (χ2v) is 2.88. The van der Waals surface area contributed by atoms with Gasteiger partial charge in [0.05, 0.1) is 0 Å². The van der Waals surface area contributed by atoms with E-state index in [1.54, 1.807) is 30.3 Å². The molecule has 1 atom stereocenters. The van der Waals surface area contributed by atoms with Crippen LogP contribution in [0.4, 0.5) is 0 Å². The van der Waals surface area contributed by atoms with Gasteiger partial charge in [-0.3, -0.25) is 0 Å². The van der Waals surface area contributed by atoms with Gasteiger partial charge >= 0.3 is 12.2 Å². The van der Waals surface area contributed by atoms with E-state index in [2.05, 4.69) is 15.4 Å². The summed E-state index contributed by atoms with van der Waals surface area (Å²) in [6, 6.07) is 8.57. The lowest BCUT2D eigenvalue weighted by atomic mass is 10.3. The molecule has 1 aromatic heterocycles. The van der Waals surface area contributed by atoms with Gasteiger partial charge in [-0.2, -0.15) is 0 Å². The molecule has 0 spiro atoms. The van der Waals surface area contributed by atoms with Crippen LogP contribution in [0.2, 0.25) is 0 Å². The lowest BCUT2D eigenvalue weighted by Gasteiger charge is -2.12. The molecule has 1 aromatic carbocycles. The molecule has 0 aliphatic heterocycles. The number of tetrazole rings is 1. The summed E-state index contributed by atoms with van der Waals surface area (Å²) in [6.07, 6.45) is -0.172. The van der Waals surface area contributed by atoms with Crippen LogP contribution in [0.25, 0.3) is 0 Å². The summed E-state index contributed by atoms with van der Waals surface area (Å²) in [4.78, 5) is 11.8. The number of rotatable bonds is 4. The lowest BCUT2D eigenvalue weighted by molar-refractivity contribution is -0.151. The van der Waals surface area contributed by atoms with Crippen LogP contribution in [0.15, 0.2) is 36.7 Å². The fourth-order valence-corrected chi connectivity index (χ4v) is 1.11. The van der Waals surface area contributed by atoms with Crippen molar-refractivity contribution in [1.29, 1.82) is 0 Å². The van der Waals surface area contributed by atoms with Crippen LogP contribution >= 0.6 is 0 Å². The molecule has 1 unspecified atom stereocenters. The molecule has 1 heterocycles. The quantitative estimate of drug-likeness (QED) is 0.798. The van der Waals surface area contributed by atoms with Crippen LogP contribution in [-0.4, -0.2) is 31.3 Å². The van der Waals surface area contributed by atoms with Gasteiger partial charge in [-0.15, -0.1) is 15.0 Å². The number of ether oxygens (including phenoxy) is 1. The molecule has 1 N–H and O–H groups in total. The molecule has 7 heteroatoms. The lowest BCUT2D eigenvalue weighted by Crippen LogP contribution is -2.26. The molecule has 82 valence electrons. The van der Waals surface area contributed by atoms with E-state index in [-0.39, 0.29) is 0 Å². The van der Waals surface area contributed by atoms with E-state index in [0.29, 0.717) is 5.75 Å². The highest BCUT2D eigenvalue weighted by Crippen LogP contribution is 2.15. The standard InChI is InChI=1S/C9H8N4O3/c14-9(15)8(13-11-6-10-12-13)16-7-4-2-1-3-5-7/h1-6,8H,(H,14,15). The number of hydrogen-bond donors (Lipinski definition) is 1. The third kappa shape index (κ3) is 2.14. The van der Waals surface area contributed by atoms with Crippen LogP contribution < -0.4 is 4.74 Å². The summed E-state index contributed by atoms with van der Waals surface area (Å²) in [7, 11) is 0. The van der Waals surface area contributed by atoms with E-state index < -0.39 is 12.2 Å². The molecule has 0 fully saturated rings. The van der Waals surface area contributed by atoms with Crippen LogP contribution in [0.3, 0.4) is 0 Å². The minimum absolute atomic E-state index is 0.423. The van der Waals surface area contributed by atoms with Crippen LogP contribution in [-0.2, 0) is 4.79 Å². The molecular formula is C9H8N4O3. The van der Waals surface area contributed by atoms with E-state index in [1.807, 2.05) is 0 Å². The third-order valence-electron chi connectivity index (χ3n) is 1.78. The van der Waals surface area contributed by atoms with Crippen molar-refractivity contribution >= 4 is 5.97 Å². The Kier molecular flexibility index (Phi) is 2.77. The highest BCUT2D eigenvalue weighted by molar-refractivity contribution is 5.70. The van der Waals surface area contributed by atoms with Crippen molar-refractivity contribution in [1.82, 2.24) is 20.2 Å². The zero-order chi connectivity index (χ0) is 11.4. The molecule has 0 saturated carbocycles. The number of para-hydroxylation sites is 1. The topological polar surface area (TPSA) is 90.1 Å². The first-order valence-corrected chi connectivity index (χ1v) is 4.44. The highest BCUT2D eigenvalue weighted by Gasteiger charge is 2.23. The summed E-state index contributed by atoms with van der Waals surface area (Å²) in [5, 5.41) is 19.5. The fraction of sp³-hybridized carbons (Fsp3) is 0.111. The van der Waals surface area contributed by atoms with Gasteiger partial charge in [-0.1, -0.05) is 18.2 Å². The van der Waals surface area contributed by atoms with Crippen molar-refractivity contribution in [3.8, 4) is 5.75 Å². The van der Waals surface area contributed by atoms with E-state index in [1.165, 1.54) is 0 Å². The van der Waals surface area contributed by atoms with Gasteiger partial charge in [0, 0.05) is 0 Å². The first-order chi connectivity index (χ1) is 7.77. The minimum atomic E-state index is -1.31. The monoisotopic (exact) mass is 220 g/mol.